The molecule has 1 heterocycles. The third-order valence-corrected chi connectivity index (χ3v) is 4.38. The Morgan fingerprint density at radius 1 is 1.00 bits per heavy atom. The molecule has 4 nitrogen and oxygen atoms in total. The molecule has 0 aromatic heterocycles. The van der Waals surface area contributed by atoms with Crippen molar-refractivity contribution in [1.82, 2.24) is 4.90 Å². The number of carbonyl (C=O) groups is 1. The van der Waals surface area contributed by atoms with Gasteiger partial charge in [-0.15, -0.1) is 0 Å². The normalized spacial score (nSPS) is 15.0. The minimum Gasteiger partial charge on any atom is -0.508 e. The lowest BCUT2D eigenvalue weighted by molar-refractivity contribution is 0.0746. The molecule has 0 spiro atoms. The van der Waals surface area contributed by atoms with Gasteiger partial charge in [0.1, 0.15) is 5.75 Å². The summed E-state index contributed by atoms with van der Waals surface area (Å²) in [5.74, 6) is 0.342. The molecule has 114 valence electrons. The van der Waals surface area contributed by atoms with Crippen LogP contribution in [-0.4, -0.2) is 42.1 Å². The molecule has 1 saturated heterocycles. The fraction of sp³-hybridized carbons (Fsp3) is 0.235. The molecule has 5 heteroatoms. The zero-order chi connectivity index (χ0) is 15.5. The van der Waals surface area contributed by atoms with Gasteiger partial charge in [-0.3, -0.25) is 4.79 Å². The van der Waals surface area contributed by atoms with E-state index in [1.807, 2.05) is 41.3 Å². The van der Waals surface area contributed by atoms with E-state index in [2.05, 4.69) is 20.8 Å². The van der Waals surface area contributed by atoms with Crippen molar-refractivity contribution >= 4 is 27.5 Å². The Morgan fingerprint density at radius 2 is 1.68 bits per heavy atom. The van der Waals surface area contributed by atoms with Gasteiger partial charge in [0, 0.05) is 48.0 Å². The Balaban J connectivity index is 1.64. The molecule has 1 amide bonds. The number of nitrogens with zero attached hydrogens (tertiary/aromatic N) is 2. The molecule has 0 aliphatic carbocycles. The predicted octanol–water partition coefficient (Wildman–Crippen LogP) is 3.12. The summed E-state index contributed by atoms with van der Waals surface area (Å²) in [5, 5.41) is 9.56. The van der Waals surface area contributed by atoms with E-state index < -0.39 is 0 Å². The molecule has 1 aliphatic heterocycles. The van der Waals surface area contributed by atoms with E-state index in [1.165, 1.54) is 0 Å². The van der Waals surface area contributed by atoms with Crippen LogP contribution in [-0.2, 0) is 0 Å². The molecule has 0 bridgehead atoms. The van der Waals surface area contributed by atoms with Crippen LogP contribution in [0.4, 0.5) is 5.69 Å². The molecule has 1 N–H and O–H groups in total. The summed E-state index contributed by atoms with van der Waals surface area (Å²) in [7, 11) is 0. The van der Waals surface area contributed by atoms with Crippen molar-refractivity contribution in [2.24, 2.45) is 0 Å². The highest BCUT2D eigenvalue weighted by molar-refractivity contribution is 9.10. The van der Waals surface area contributed by atoms with Crippen molar-refractivity contribution in [3.63, 3.8) is 0 Å². The lowest BCUT2D eigenvalue weighted by atomic mass is 10.1. The number of aromatic hydroxyl groups is 1. The molecule has 2 aromatic carbocycles. The Labute approximate surface area is 138 Å². The lowest BCUT2D eigenvalue weighted by Gasteiger charge is -2.36. The number of amides is 1. The van der Waals surface area contributed by atoms with Gasteiger partial charge in [-0.1, -0.05) is 22.0 Å². The van der Waals surface area contributed by atoms with Crippen LogP contribution in [0.5, 0.6) is 5.75 Å². The van der Waals surface area contributed by atoms with E-state index in [9.17, 15) is 9.90 Å². The fourth-order valence-corrected chi connectivity index (χ4v) is 2.90. The molecule has 1 fully saturated rings. The number of anilines is 1. The highest BCUT2D eigenvalue weighted by Gasteiger charge is 2.22. The molecule has 3 rings (SSSR count). The number of rotatable bonds is 2. The van der Waals surface area contributed by atoms with Crippen molar-refractivity contribution in [3.05, 3.63) is 58.6 Å². The smallest absolute Gasteiger partial charge is 0.253 e. The summed E-state index contributed by atoms with van der Waals surface area (Å²) >= 11 is 3.38. The quantitative estimate of drug-likeness (QED) is 0.894. The van der Waals surface area contributed by atoms with E-state index in [0.29, 0.717) is 18.7 Å². The van der Waals surface area contributed by atoms with E-state index in [1.54, 1.807) is 12.1 Å². The summed E-state index contributed by atoms with van der Waals surface area (Å²) in [4.78, 5) is 16.5. The Hall–Kier alpha value is -2.01. The van der Waals surface area contributed by atoms with Crippen LogP contribution in [0.15, 0.2) is 53.0 Å². The van der Waals surface area contributed by atoms with Crippen molar-refractivity contribution in [2.75, 3.05) is 31.1 Å². The van der Waals surface area contributed by atoms with Gasteiger partial charge in [0.15, 0.2) is 0 Å². The Kier molecular flexibility index (Phi) is 4.34. The van der Waals surface area contributed by atoms with Gasteiger partial charge >= 0.3 is 0 Å². The van der Waals surface area contributed by atoms with E-state index in [4.69, 9.17) is 0 Å². The molecule has 2 aromatic rings. The minimum atomic E-state index is 0.0723. The second-order valence-electron chi connectivity index (χ2n) is 5.31. The summed E-state index contributed by atoms with van der Waals surface area (Å²) in [6, 6.07) is 14.7. The van der Waals surface area contributed by atoms with Crippen LogP contribution < -0.4 is 4.90 Å². The monoisotopic (exact) mass is 360 g/mol. The molecule has 0 saturated carbocycles. The molecule has 0 radical (unpaired) electrons. The highest BCUT2D eigenvalue weighted by atomic mass is 79.9. The molecule has 0 atom stereocenters. The van der Waals surface area contributed by atoms with Gasteiger partial charge in [-0.2, -0.15) is 0 Å². The van der Waals surface area contributed by atoms with Crippen molar-refractivity contribution < 1.29 is 9.90 Å². The number of piperazine rings is 1. The number of carbonyl (C=O) groups excluding carboxylic acids is 1. The predicted molar refractivity (Wildman–Crippen MR) is 90.4 cm³/mol. The zero-order valence-electron chi connectivity index (χ0n) is 12.1. The Bertz CT molecular complexity index is 665. The molecule has 22 heavy (non-hydrogen) atoms. The topological polar surface area (TPSA) is 43.8 Å². The van der Waals surface area contributed by atoms with Crippen molar-refractivity contribution in [2.45, 2.75) is 0 Å². The van der Waals surface area contributed by atoms with Gasteiger partial charge in [-0.05, 0) is 36.4 Å². The second-order valence-corrected chi connectivity index (χ2v) is 6.22. The second kappa shape index (κ2) is 6.40. The van der Waals surface area contributed by atoms with Crippen LogP contribution in [0.3, 0.4) is 0 Å². The molecular formula is C17H17BrN2O2. The van der Waals surface area contributed by atoms with Gasteiger partial charge in [0.05, 0.1) is 0 Å². The van der Waals surface area contributed by atoms with Crippen molar-refractivity contribution in [1.29, 1.82) is 0 Å². The maximum absolute atomic E-state index is 12.5. The third-order valence-electron chi connectivity index (χ3n) is 3.85. The van der Waals surface area contributed by atoms with Crippen LogP contribution in [0, 0.1) is 0 Å². The average molecular weight is 361 g/mol. The largest absolute Gasteiger partial charge is 0.508 e. The molecule has 1 aliphatic rings. The SMILES string of the molecule is O=C(c1ccc(Br)cc1)N1CCN(c2cccc(O)c2)CC1. The molecular weight excluding hydrogens is 344 g/mol. The summed E-state index contributed by atoms with van der Waals surface area (Å²) < 4.78 is 0.970. The number of phenolic OH excluding ortho intramolecular Hbond substituents is 1. The summed E-state index contributed by atoms with van der Waals surface area (Å²) in [6.45, 7) is 2.91. The van der Waals surface area contributed by atoms with Crippen LogP contribution in [0.2, 0.25) is 0 Å². The number of benzene rings is 2. The maximum atomic E-state index is 12.5. The van der Waals surface area contributed by atoms with E-state index in [0.717, 1.165) is 23.2 Å². The number of halogens is 1. The Morgan fingerprint density at radius 3 is 2.32 bits per heavy atom. The maximum Gasteiger partial charge on any atom is 0.253 e. The van der Waals surface area contributed by atoms with Gasteiger partial charge < -0.3 is 14.9 Å². The number of phenols is 1. The fourth-order valence-electron chi connectivity index (χ4n) is 2.63. The van der Waals surface area contributed by atoms with Gasteiger partial charge in [-0.25, -0.2) is 0 Å². The van der Waals surface area contributed by atoms with E-state index >= 15 is 0 Å². The van der Waals surface area contributed by atoms with Crippen molar-refractivity contribution in [3.8, 4) is 5.75 Å². The highest BCUT2D eigenvalue weighted by Crippen LogP contribution is 2.22. The first-order valence-electron chi connectivity index (χ1n) is 7.22. The first-order chi connectivity index (χ1) is 10.6. The minimum absolute atomic E-state index is 0.0723. The van der Waals surface area contributed by atoms with Crippen LogP contribution in [0.25, 0.3) is 0 Å². The first kappa shape index (κ1) is 14.9. The van der Waals surface area contributed by atoms with Gasteiger partial charge in [0.25, 0.3) is 5.91 Å². The third kappa shape index (κ3) is 3.25. The number of hydrogen-bond acceptors (Lipinski definition) is 3. The number of hydrogen-bond donors (Lipinski definition) is 1. The summed E-state index contributed by atoms with van der Waals surface area (Å²) in [5.41, 5.74) is 1.71. The van der Waals surface area contributed by atoms with Crippen LogP contribution in [0.1, 0.15) is 10.4 Å². The van der Waals surface area contributed by atoms with E-state index in [-0.39, 0.29) is 11.7 Å². The molecule has 0 unspecified atom stereocenters. The standard InChI is InChI=1S/C17H17BrN2O2/c18-14-6-4-13(5-7-14)17(22)20-10-8-19(9-11-20)15-2-1-3-16(21)12-15/h1-7,12,21H,8-11H2. The average Bonchev–Trinajstić information content (AvgIpc) is 2.55. The first-order valence-corrected chi connectivity index (χ1v) is 8.01. The zero-order valence-corrected chi connectivity index (χ0v) is 13.7. The van der Waals surface area contributed by atoms with Gasteiger partial charge in [0.2, 0.25) is 0 Å². The lowest BCUT2D eigenvalue weighted by Crippen LogP contribution is -2.48. The summed E-state index contributed by atoms with van der Waals surface area (Å²) in [6.07, 6.45) is 0. The van der Waals surface area contributed by atoms with Crippen LogP contribution >= 0.6 is 15.9 Å².